The average molecular weight is 201 g/mol. The number of aliphatic hydroxyl groups is 1. The normalized spacial score (nSPS) is 17.7. The predicted molar refractivity (Wildman–Crippen MR) is 54.5 cm³/mol. The third-order valence-electron chi connectivity index (χ3n) is 2.76. The lowest BCUT2D eigenvalue weighted by Crippen LogP contribution is -2.11. The highest BCUT2D eigenvalue weighted by molar-refractivity contribution is 5.45. The van der Waals surface area contributed by atoms with Crippen LogP contribution in [0.5, 0.6) is 0 Å². The lowest BCUT2D eigenvalue weighted by atomic mass is 10.1. The van der Waals surface area contributed by atoms with Gasteiger partial charge in [-0.05, 0) is 18.9 Å². The van der Waals surface area contributed by atoms with Crippen LogP contribution < -0.4 is 0 Å². The Morgan fingerprint density at radius 1 is 1.13 bits per heavy atom. The van der Waals surface area contributed by atoms with Gasteiger partial charge in [0, 0.05) is 5.56 Å². The van der Waals surface area contributed by atoms with Gasteiger partial charge >= 0.3 is 0 Å². The van der Waals surface area contributed by atoms with Crippen LogP contribution in [-0.2, 0) is 5.60 Å². The highest BCUT2D eigenvalue weighted by Crippen LogP contribution is 2.47. The molecule has 1 N–H and O–H groups in total. The van der Waals surface area contributed by atoms with Gasteiger partial charge in [0.05, 0.1) is 23.7 Å². The molecule has 0 unspecified atom stereocenters. The minimum Gasteiger partial charge on any atom is -0.385 e. The zero-order valence-corrected chi connectivity index (χ0v) is 8.17. The van der Waals surface area contributed by atoms with Crippen LogP contribution in [0.1, 0.15) is 18.4 Å². The fraction of sp³-hybridized carbons (Fsp3) is 0.273. The number of rotatable bonds is 2. The highest BCUT2D eigenvalue weighted by Gasteiger charge is 2.44. The molecule has 4 nitrogen and oxygen atoms in total. The van der Waals surface area contributed by atoms with Crippen molar-refractivity contribution < 1.29 is 5.11 Å². The molecule has 1 aliphatic rings. The van der Waals surface area contributed by atoms with Crippen LogP contribution in [0.4, 0.5) is 0 Å². The predicted octanol–water partition coefficient (Wildman–Crippen LogP) is 1.25. The third kappa shape index (κ3) is 1.34. The molecule has 0 aliphatic heterocycles. The standard InChI is InChI=1S/C11H11N3O/c15-11(5-6-11)9-3-1-2-4-10(9)14-12-7-8-13-14/h1-4,7-8,15H,5-6H2. The highest BCUT2D eigenvalue weighted by atomic mass is 16.3. The molecule has 0 radical (unpaired) electrons. The lowest BCUT2D eigenvalue weighted by molar-refractivity contribution is 0.151. The Bertz CT molecular complexity index is 474. The number of nitrogens with zero attached hydrogens (tertiary/aromatic N) is 3. The molecule has 0 saturated heterocycles. The molecule has 0 bridgehead atoms. The molecule has 1 saturated carbocycles. The molecule has 1 aromatic heterocycles. The Morgan fingerprint density at radius 3 is 2.47 bits per heavy atom. The van der Waals surface area contributed by atoms with Gasteiger partial charge in [-0.2, -0.15) is 15.0 Å². The summed E-state index contributed by atoms with van der Waals surface area (Å²) in [6.07, 6.45) is 4.91. The first kappa shape index (κ1) is 8.61. The summed E-state index contributed by atoms with van der Waals surface area (Å²) >= 11 is 0. The zero-order chi connectivity index (χ0) is 10.3. The van der Waals surface area contributed by atoms with Gasteiger partial charge in [-0.3, -0.25) is 0 Å². The van der Waals surface area contributed by atoms with Gasteiger partial charge in [0.2, 0.25) is 0 Å². The molecule has 3 rings (SSSR count). The molecular weight excluding hydrogens is 190 g/mol. The molecule has 1 aliphatic carbocycles. The minimum absolute atomic E-state index is 0.649. The van der Waals surface area contributed by atoms with E-state index < -0.39 is 5.60 Å². The van der Waals surface area contributed by atoms with Gasteiger partial charge < -0.3 is 5.11 Å². The van der Waals surface area contributed by atoms with Crippen LogP contribution in [0, 0.1) is 0 Å². The van der Waals surface area contributed by atoms with Gasteiger partial charge in [-0.25, -0.2) is 0 Å². The Balaban J connectivity index is 2.15. The van der Waals surface area contributed by atoms with E-state index in [9.17, 15) is 5.11 Å². The van der Waals surface area contributed by atoms with Crippen LogP contribution in [0.3, 0.4) is 0 Å². The van der Waals surface area contributed by atoms with Crippen molar-refractivity contribution in [1.29, 1.82) is 0 Å². The molecule has 76 valence electrons. The molecule has 0 spiro atoms. The molecule has 2 aromatic rings. The van der Waals surface area contributed by atoms with E-state index in [-0.39, 0.29) is 0 Å². The van der Waals surface area contributed by atoms with E-state index in [0.29, 0.717) is 0 Å². The van der Waals surface area contributed by atoms with E-state index in [2.05, 4.69) is 10.2 Å². The maximum atomic E-state index is 10.1. The Hall–Kier alpha value is -1.68. The summed E-state index contributed by atoms with van der Waals surface area (Å²) in [5.41, 5.74) is 1.13. The van der Waals surface area contributed by atoms with Crippen molar-refractivity contribution in [1.82, 2.24) is 15.0 Å². The van der Waals surface area contributed by atoms with E-state index >= 15 is 0 Å². The van der Waals surface area contributed by atoms with Crippen molar-refractivity contribution in [3.8, 4) is 5.69 Å². The van der Waals surface area contributed by atoms with Gasteiger partial charge in [-0.15, -0.1) is 0 Å². The molecule has 15 heavy (non-hydrogen) atoms. The van der Waals surface area contributed by atoms with Crippen LogP contribution in [-0.4, -0.2) is 20.1 Å². The number of benzene rings is 1. The van der Waals surface area contributed by atoms with Gasteiger partial charge in [0.15, 0.2) is 0 Å². The largest absolute Gasteiger partial charge is 0.385 e. The fourth-order valence-electron chi connectivity index (χ4n) is 1.77. The Morgan fingerprint density at radius 2 is 1.80 bits per heavy atom. The lowest BCUT2D eigenvalue weighted by Gasteiger charge is -2.12. The first-order valence-electron chi connectivity index (χ1n) is 4.98. The van der Waals surface area contributed by atoms with Crippen molar-refractivity contribution in [2.24, 2.45) is 0 Å². The maximum Gasteiger partial charge on any atom is 0.0920 e. The smallest absolute Gasteiger partial charge is 0.0920 e. The first-order valence-corrected chi connectivity index (χ1v) is 4.98. The summed E-state index contributed by atoms with van der Waals surface area (Å²) in [6, 6.07) is 7.71. The molecular formula is C11H11N3O. The summed E-state index contributed by atoms with van der Waals surface area (Å²) in [7, 11) is 0. The van der Waals surface area contributed by atoms with Gasteiger partial charge in [0.25, 0.3) is 0 Å². The van der Waals surface area contributed by atoms with Crippen molar-refractivity contribution in [2.75, 3.05) is 0 Å². The topological polar surface area (TPSA) is 50.9 Å². The maximum absolute atomic E-state index is 10.1. The van der Waals surface area contributed by atoms with Gasteiger partial charge in [0.1, 0.15) is 0 Å². The number of hydrogen-bond acceptors (Lipinski definition) is 3. The van der Waals surface area contributed by atoms with E-state index in [1.54, 1.807) is 17.2 Å². The number of aromatic nitrogens is 3. The minimum atomic E-state index is -0.649. The molecule has 1 fully saturated rings. The van der Waals surface area contributed by atoms with E-state index in [1.165, 1.54) is 0 Å². The van der Waals surface area contributed by atoms with E-state index in [1.807, 2.05) is 24.3 Å². The molecule has 0 amide bonds. The van der Waals surface area contributed by atoms with Crippen LogP contribution in [0.15, 0.2) is 36.7 Å². The second-order valence-electron chi connectivity index (χ2n) is 3.87. The molecule has 1 heterocycles. The fourth-order valence-corrected chi connectivity index (χ4v) is 1.77. The van der Waals surface area contributed by atoms with Gasteiger partial charge in [-0.1, -0.05) is 18.2 Å². The number of hydrogen-bond donors (Lipinski definition) is 1. The Labute approximate surface area is 87.2 Å². The number of para-hydroxylation sites is 1. The second kappa shape index (κ2) is 2.90. The summed E-state index contributed by atoms with van der Waals surface area (Å²) < 4.78 is 0. The van der Waals surface area contributed by atoms with Crippen molar-refractivity contribution in [3.05, 3.63) is 42.2 Å². The van der Waals surface area contributed by atoms with Crippen molar-refractivity contribution >= 4 is 0 Å². The zero-order valence-electron chi connectivity index (χ0n) is 8.17. The molecule has 4 heteroatoms. The van der Waals surface area contributed by atoms with E-state index in [4.69, 9.17) is 0 Å². The SMILES string of the molecule is OC1(c2ccccc2-n2nccn2)CC1. The van der Waals surface area contributed by atoms with Crippen LogP contribution in [0.25, 0.3) is 5.69 Å². The van der Waals surface area contributed by atoms with Crippen LogP contribution >= 0.6 is 0 Å². The summed E-state index contributed by atoms with van der Waals surface area (Å²) in [5, 5.41) is 18.3. The third-order valence-corrected chi connectivity index (χ3v) is 2.76. The van der Waals surface area contributed by atoms with Crippen LogP contribution in [0.2, 0.25) is 0 Å². The summed E-state index contributed by atoms with van der Waals surface area (Å²) in [4.78, 5) is 1.55. The quantitative estimate of drug-likeness (QED) is 0.795. The first-order chi connectivity index (χ1) is 7.30. The van der Waals surface area contributed by atoms with Crippen molar-refractivity contribution in [3.63, 3.8) is 0 Å². The summed E-state index contributed by atoms with van der Waals surface area (Å²) in [6.45, 7) is 0. The molecule has 0 atom stereocenters. The van der Waals surface area contributed by atoms with E-state index in [0.717, 1.165) is 24.1 Å². The Kier molecular flexibility index (Phi) is 1.67. The monoisotopic (exact) mass is 201 g/mol. The average Bonchev–Trinajstić information content (AvgIpc) is 2.84. The van der Waals surface area contributed by atoms with Crippen molar-refractivity contribution in [2.45, 2.75) is 18.4 Å². The summed E-state index contributed by atoms with van der Waals surface area (Å²) in [5.74, 6) is 0. The molecule has 1 aromatic carbocycles. The second-order valence-corrected chi connectivity index (χ2v) is 3.87.